The van der Waals surface area contributed by atoms with Crippen molar-refractivity contribution < 1.29 is 5.11 Å². The van der Waals surface area contributed by atoms with Gasteiger partial charge in [-0.3, -0.25) is 0 Å². The Bertz CT molecular complexity index is 879. The molecule has 1 aliphatic rings. The van der Waals surface area contributed by atoms with Gasteiger partial charge in [0.15, 0.2) is 0 Å². The van der Waals surface area contributed by atoms with Crippen LogP contribution in [0.4, 0.5) is 0 Å². The molecule has 0 aromatic heterocycles. The molecule has 0 bridgehead atoms. The predicted octanol–water partition coefficient (Wildman–Crippen LogP) is 9.15. The molecule has 3 atom stereocenters. The number of aliphatic hydroxyl groups is 1. The van der Waals surface area contributed by atoms with Crippen molar-refractivity contribution in [2.45, 2.75) is 109 Å². The first-order valence-electron chi connectivity index (χ1n) is 13.8. The minimum absolute atomic E-state index is 0.141. The van der Waals surface area contributed by atoms with Gasteiger partial charge in [0.25, 0.3) is 0 Å². The van der Waals surface area contributed by atoms with Crippen LogP contribution in [0.5, 0.6) is 0 Å². The van der Waals surface area contributed by atoms with Gasteiger partial charge in [-0.2, -0.15) is 5.26 Å². The fraction of sp³-hybridized carbons (Fsp3) is 0.594. The maximum atomic E-state index is 10.1. The first-order chi connectivity index (χ1) is 16.6. The number of nitriles is 1. The average molecular weight is 460 g/mol. The Morgan fingerprint density at radius 3 is 2.18 bits per heavy atom. The van der Waals surface area contributed by atoms with Crippen LogP contribution >= 0.6 is 0 Å². The summed E-state index contributed by atoms with van der Waals surface area (Å²) in [7, 11) is 0. The summed E-state index contributed by atoms with van der Waals surface area (Å²) in [5.41, 5.74) is 5.26. The van der Waals surface area contributed by atoms with E-state index >= 15 is 0 Å². The highest BCUT2D eigenvalue weighted by Crippen LogP contribution is 2.46. The fourth-order valence-electron chi connectivity index (χ4n) is 5.87. The van der Waals surface area contributed by atoms with Crippen molar-refractivity contribution >= 4 is 0 Å². The first kappa shape index (κ1) is 26.5. The highest BCUT2D eigenvalue weighted by Gasteiger charge is 2.36. The summed E-state index contributed by atoms with van der Waals surface area (Å²) < 4.78 is 0. The van der Waals surface area contributed by atoms with E-state index < -0.39 is 0 Å². The molecule has 2 heteroatoms. The molecule has 1 N–H and O–H groups in total. The molecule has 0 aliphatic heterocycles. The Balaban J connectivity index is 1.56. The van der Waals surface area contributed by atoms with Gasteiger partial charge in [0.1, 0.15) is 0 Å². The topological polar surface area (TPSA) is 44.0 Å². The molecule has 1 saturated carbocycles. The molecule has 184 valence electrons. The van der Waals surface area contributed by atoms with Crippen molar-refractivity contribution in [2.75, 3.05) is 6.61 Å². The van der Waals surface area contributed by atoms with Gasteiger partial charge in [-0.15, -0.1) is 0 Å². The lowest BCUT2D eigenvalue weighted by Gasteiger charge is -2.36. The van der Waals surface area contributed by atoms with Gasteiger partial charge < -0.3 is 5.11 Å². The van der Waals surface area contributed by atoms with Crippen molar-refractivity contribution in [3.8, 4) is 17.2 Å². The zero-order chi connectivity index (χ0) is 24.2. The summed E-state index contributed by atoms with van der Waals surface area (Å²) in [5.74, 6) is 1.13. The van der Waals surface area contributed by atoms with Crippen LogP contribution in [0.1, 0.15) is 120 Å². The third kappa shape index (κ3) is 7.44. The van der Waals surface area contributed by atoms with Crippen molar-refractivity contribution in [1.82, 2.24) is 0 Å². The highest BCUT2D eigenvalue weighted by molar-refractivity contribution is 5.64. The quantitative estimate of drug-likeness (QED) is 0.303. The SMILES string of the molecule is CCCC(C)c1ccc(-c2ccc(C3CCCC(C#N)(CCCCCCCCO)C3)cc2)cc1. The largest absolute Gasteiger partial charge is 0.396 e. The first-order valence-corrected chi connectivity index (χ1v) is 13.8. The maximum Gasteiger partial charge on any atom is 0.0689 e. The average Bonchev–Trinajstić information content (AvgIpc) is 2.89. The van der Waals surface area contributed by atoms with E-state index in [1.807, 2.05) is 0 Å². The molecular weight excluding hydrogens is 414 g/mol. The van der Waals surface area contributed by atoms with Gasteiger partial charge in [0.05, 0.1) is 11.5 Å². The third-order valence-electron chi connectivity index (χ3n) is 8.06. The van der Waals surface area contributed by atoms with E-state index in [1.165, 1.54) is 60.8 Å². The molecule has 0 radical (unpaired) electrons. The molecule has 2 aromatic carbocycles. The number of aliphatic hydroxyl groups excluding tert-OH is 1. The van der Waals surface area contributed by atoms with Crippen LogP contribution in [0, 0.1) is 16.7 Å². The van der Waals surface area contributed by atoms with Crippen molar-refractivity contribution in [3.05, 3.63) is 59.7 Å². The number of rotatable bonds is 13. The number of nitrogens with zero attached hydrogens (tertiary/aromatic N) is 1. The molecule has 2 aromatic rings. The summed E-state index contributed by atoms with van der Waals surface area (Å²) in [6.07, 6.45) is 14.8. The Kier molecular flexibility index (Phi) is 10.7. The van der Waals surface area contributed by atoms with Crippen LogP contribution in [-0.2, 0) is 0 Å². The van der Waals surface area contributed by atoms with Crippen molar-refractivity contribution in [1.29, 1.82) is 5.26 Å². The van der Waals surface area contributed by atoms with Gasteiger partial charge in [0, 0.05) is 6.61 Å². The zero-order valence-corrected chi connectivity index (χ0v) is 21.6. The Morgan fingerprint density at radius 2 is 1.56 bits per heavy atom. The second kappa shape index (κ2) is 13.7. The molecule has 0 amide bonds. The summed E-state index contributed by atoms with van der Waals surface area (Å²) >= 11 is 0. The second-order valence-electron chi connectivity index (χ2n) is 10.7. The monoisotopic (exact) mass is 459 g/mol. The number of unbranched alkanes of at least 4 members (excludes halogenated alkanes) is 5. The summed E-state index contributed by atoms with van der Waals surface area (Å²) in [4.78, 5) is 0. The molecule has 34 heavy (non-hydrogen) atoms. The van der Waals surface area contributed by atoms with Crippen LogP contribution in [0.15, 0.2) is 48.5 Å². The van der Waals surface area contributed by atoms with E-state index in [1.54, 1.807) is 0 Å². The van der Waals surface area contributed by atoms with Gasteiger partial charge >= 0.3 is 0 Å². The van der Waals surface area contributed by atoms with Crippen LogP contribution < -0.4 is 0 Å². The van der Waals surface area contributed by atoms with E-state index in [9.17, 15) is 5.26 Å². The van der Waals surface area contributed by atoms with Crippen molar-refractivity contribution in [3.63, 3.8) is 0 Å². The number of hydrogen-bond donors (Lipinski definition) is 1. The smallest absolute Gasteiger partial charge is 0.0689 e. The van der Waals surface area contributed by atoms with E-state index in [-0.39, 0.29) is 5.41 Å². The molecule has 1 fully saturated rings. The van der Waals surface area contributed by atoms with Crippen LogP contribution in [-0.4, -0.2) is 11.7 Å². The van der Waals surface area contributed by atoms with E-state index in [2.05, 4.69) is 68.4 Å². The minimum Gasteiger partial charge on any atom is -0.396 e. The molecule has 2 nitrogen and oxygen atoms in total. The fourth-order valence-corrected chi connectivity index (χ4v) is 5.87. The van der Waals surface area contributed by atoms with E-state index in [0.29, 0.717) is 18.4 Å². The van der Waals surface area contributed by atoms with Gasteiger partial charge in [-0.1, -0.05) is 107 Å². The van der Waals surface area contributed by atoms with Crippen LogP contribution in [0.2, 0.25) is 0 Å². The molecule has 3 unspecified atom stereocenters. The predicted molar refractivity (Wildman–Crippen MR) is 144 cm³/mol. The Labute approximate surface area is 208 Å². The lowest BCUT2D eigenvalue weighted by atomic mass is 9.66. The lowest BCUT2D eigenvalue weighted by Crippen LogP contribution is -2.26. The maximum absolute atomic E-state index is 10.1. The van der Waals surface area contributed by atoms with Crippen molar-refractivity contribution in [2.24, 2.45) is 5.41 Å². The van der Waals surface area contributed by atoms with E-state index in [4.69, 9.17) is 5.11 Å². The molecule has 0 heterocycles. The second-order valence-corrected chi connectivity index (χ2v) is 10.7. The normalized spacial score (nSPS) is 21.2. The summed E-state index contributed by atoms with van der Waals surface area (Å²) in [6, 6.07) is 21.0. The number of benzene rings is 2. The van der Waals surface area contributed by atoms with Gasteiger partial charge in [-0.25, -0.2) is 0 Å². The molecule has 0 saturated heterocycles. The van der Waals surface area contributed by atoms with Gasteiger partial charge in [0.2, 0.25) is 0 Å². The summed E-state index contributed by atoms with van der Waals surface area (Å²) in [6.45, 7) is 4.88. The molecule has 1 aliphatic carbocycles. The van der Waals surface area contributed by atoms with E-state index in [0.717, 1.165) is 44.9 Å². The molecule has 0 spiro atoms. The van der Waals surface area contributed by atoms with Gasteiger partial charge in [-0.05, 0) is 72.6 Å². The summed E-state index contributed by atoms with van der Waals surface area (Å²) in [5, 5.41) is 19.0. The molecular formula is C32H45NO. The zero-order valence-electron chi connectivity index (χ0n) is 21.6. The number of hydrogen-bond acceptors (Lipinski definition) is 2. The Hall–Kier alpha value is -2.11. The highest BCUT2D eigenvalue weighted by atomic mass is 16.2. The molecule has 3 rings (SSSR count). The third-order valence-corrected chi connectivity index (χ3v) is 8.06. The Morgan fingerprint density at radius 1 is 0.941 bits per heavy atom. The van der Waals surface area contributed by atoms with Crippen LogP contribution in [0.25, 0.3) is 11.1 Å². The standard InChI is InChI=1S/C32H45NO/c1-3-11-26(2)27-13-15-28(16-14-27)29-17-19-30(20-18-29)31-12-10-22-32(24-31,25-33)21-8-6-4-5-7-9-23-34/h13-20,26,31,34H,3-12,21-24H2,1-2H3. The minimum atomic E-state index is -0.141. The lowest BCUT2D eigenvalue weighted by molar-refractivity contribution is 0.218. The van der Waals surface area contributed by atoms with Crippen LogP contribution in [0.3, 0.4) is 0 Å².